The van der Waals surface area contributed by atoms with Gasteiger partial charge in [0.15, 0.2) is 0 Å². The number of nitrogens with one attached hydrogen (secondary N) is 1. The van der Waals surface area contributed by atoms with Crippen LogP contribution in [-0.4, -0.2) is 23.4 Å². The first-order chi connectivity index (χ1) is 5.56. The van der Waals surface area contributed by atoms with E-state index in [1.807, 2.05) is 20.1 Å². The van der Waals surface area contributed by atoms with Gasteiger partial charge in [0.05, 0.1) is 0 Å². The van der Waals surface area contributed by atoms with E-state index < -0.39 is 6.09 Å². The molecule has 4 nitrogen and oxygen atoms in total. The molecule has 70 valence electrons. The second-order valence-electron chi connectivity index (χ2n) is 2.49. The number of thioether (sulfide) groups is 1. The number of carbonyl (C=O) groups is 1. The minimum Gasteiger partial charge on any atom is -0.317 e. The van der Waals surface area contributed by atoms with E-state index in [-0.39, 0.29) is 6.04 Å². The van der Waals surface area contributed by atoms with Crippen LogP contribution in [0.1, 0.15) is 20.8 Å². The molecule has 0 aromatic heterocycles. The first-order valence-corrected chi connectivity index (χ1v) is 4.84. The zero-order valence-corrected chi connectivity index (χ0v) is 8.57. The molecule has 0 unspecified atom stereocenters. The van der Waals surface area contributed by atoms with Gasteiger partial charge < -0.3 is 5.32 Å². The Bertz CT molecular complexity index is 180. The number of hydrogen-bond acceptors (Lipinski definition) is 4. The maximum absolute atomic E-state index is 10.8. The van der Waals surface area contributed by atoms with Gasteiger partial charge in [-0.05, 0) is 27.0 Å². The summed E-state index contributed by atoms with van der Waals surface area (Å²) in [6.07, 6.45) is 1.35. The number of amides is 1. The van der Waals surface area contributed by atoms with Gasteiger partial charge in [0.25, 0.3) is 0 Å². The number of oxime groups is 1. The van der Waals surface area contributed by atoms with Gasteiger partial charge in [0.2, 0.25) is 0 Å². The molecule has 0 aliphatic carbocycles. The van der Waals surface area contributed by atoms with Gasteiger partial charge in [0, 0.05) is 6.04 Å². The normalized spacial score (nSPS) is 11.6. The van der Waals surface area contributed by atoms with Crippen LogP contribution in [0.25, 0.3) is 0 Å². The molecule has 1 amide bonds. The highest BCUT2D eigenvalue weighted by atomic mass is 32.2. The van der Waals surface area contributed by atoms with Gasteiger partial charge in [0.1, 0.15) is 5.04 Å². The standard InChI is InChI=1S/C7H14N2O2S/c1-5(2)8-7(10)11-9-6(3)12-4/h5H,1-4H3,(H,8,10)/b9-6+. The van der Waals surface area contributed by atoms with E-state index in [2.05, 4.69) is 15.3 Å². The van der Waals surface area contributed by atoms with Crippen molar-refractivity contribution in [2.75, 3.05) is 6.26 Å². The molecule has 0 saturated heterocycles. The number of nitrogens with zero attached hydrogens (tertiary/aromatic N) is 1. The summed E-state index contributed by atoms with van der Waals surface area (Å²) in [5, 5.41) is 6.82. The topological polar surface area (TPSA) is 50.7 Å². The van der Waals surface area contributed by atoms with E-state index in [1.54, 1.807) is 6.92 Å². The van der Waals surface area contributed by atoms with Crippen LogP contribution in [0.3, 0.4) is 0 Å². The number of rotatable bonds is 2. The molecular weight excluding hydrogens is 176 g/mol. The lowest BCUT2D eigenvalue weighted by molar-refractivity contribution is 0.148. The van der Waals surface area contributed by atoms with E-state index in [1.165, 1.54) is 11.8 Å². The Morgan fingerprint density at radius 2 is 2.17 bits per heavy atom. The fraction of sp³-hybridized carbons (Fsp3) is 0.714. The monoisotopic (exact) mass is 190 g/mol. The van der Waals surface area contributed by atoms with Crippen LogP contribution < -0.4 is 5.32 Å². The quantitative estimate of drug-likeness (QED) is 0.313. The molecule has 0 bridgehead atoms. The highest BCUT2D eigenvalue weighted by molar-refractivity contribution is 8.13. The van der Waals surface area contributed by atoms with Gasteiger partial charge in [-0.1, -0.05) is 5.16 Å². The maximum Gasteiger partial charge on any atom is 0.433 e. The van der Waals surface area contributed by atoms with Crippen LogP contribution in [0.4, 0.5) is 4.79 Å². The summed E-state index contributed by atoms with van der Waals surface area (Å²) in [6, 6.07) is 0.0716. The predicted molar refractivity (Wildman–Crippen MR) is 51.4 cm³/mol. The molecule has 0 aliphatic rings. The van der Waals surface area contributed by atoms with Crippen molar-refractivity contribution in [1.29, 1.82) is 0 Å². The Balaban J connectivity index is 3.71. The molecule has 0 saturated carbocycles. The van der Waals surface area contributed by atoms with Crippen molar-refractivity contribution in [2.24, 2.45) is 5.16 Å². The predicted octanol–water partition coefficient (Wildman–Crippen LogP) is 1.82. The van der Waals surface area contributed by atoms with Crippen molar-refractivity contribution < 1.29 is 9.63 Å². The summed E-state index contributed by atoms with van der Waals surface area (Å²) in [4.78, 5) is 15.3. The molecule has 1 N–H and O–H groups in total. The Hall–Kier alpha value is -0.710. The zero-order valence-electron chi connectivity index (χ0n) is 7.75. The van der Waals surface area contributed by atoms with Crippen LogP contribution >= 0.6 is 11.8 Å². The molecule has 12 heavy (non-hydrogen) atoms. The van der Waals surface area contributed by atoms with E-state index in [9.17, 15) is 4.79 Å². The lowest BCUT2D eigenvalue weighted by atomic mass is 10.4. The second kappa shape index (κ2) is 5.88. The maximum atomic E-state index is 10.8. The molecule has 5 heteroatoms. The van der Waals surface area contributed by atoms with Crippen molar-refractivity contribution in [2.45, 2.75) is 26.8 Å². The van der Waals surface area contributed by atoms with E-state index in [4.69, 9.17) is 0 Å². The van der Waals surface area contributed by atoms with Crippen LogP contribution in [0.15, 0.2) is 5.16 Å². The van der Waals surface area contributed by atoms with Crippen LogP contribution in [-0.2, 0) is 4.84 Å². The molecule has 0 aliphatic heterocycles. The molecule has 0 aromatic rings. The minimum atomic E-state index is -0.515. The third-order valence-electron chi connectivity index (χ3n) is 0.959. The van der Waals surface area contributed by atoms with Crippen molar-refractivity contribution in [3.63, 3.8) is 0 Å². The first kappa shape index (κ1) is 11.3. The third-order valence-corrected chi connectivity index (χ3v) is 1.62. The zero-order chi connectivity index (χ0) is 9.56. The fourth-order valence-electron chi connectivity index (χ4n) is 0.405. The summed E-state index contributed by atoms with van der Waals surface area (Å²) < 4.78 is 0. The summed E-state index contributed by atoms with van der Waals surface area (Å²) in [5.74, 6) is 0. The SMILES string of the molecule is CS/C(C)=N/OC(=O)NC(C)C. The van der Waals surface area contributed by atoms with Crippen molar-refractivity contribution in [1.82, 2.24) is 5.32 Å². The molecular formula is C7H14N2O2S. The van der Waals surface area contributed by atoms with Crippen molar-refractivity contribution in [3.8, 4) is 0 Å². The average Bonchev–Trinajstić information content (AvgIpc) is 1.99. The summed E-state index contributed by atoms with van der Waals surface area (Å²) in [5.41, 5.74) is 0. The molecule has 0 aromatic carbocycles. The van der Waals surface area contributed by atoms with Gasteiger partial charge in [-0.2, -0.15) is 0 Å². The number of hydrogen-bond donors (Lipinski definition) is 1. The fourth-order valence-corrected chi connectivity index (χ4v) is 0.517. The summed E-state index contributed by atoms with van der Waals surface area (Å²) >= 11 is 1.43. The minimum absolute atomic E-state index is 0.0716. The van der Waals surface area contributed by atoms with E-state index in [0.29, 0.717) is 5.04 Å². The Labute approximate surface area is 76.7 Å². The van der Waals surface area contributed by atoms with Gasteiger partial charge >= 0.3 is 6.09 Å². The van der Waals surface area contributed by atoms with Gasteiger partial charge in [-0.25, -0.2) is 4.79 Å². The Morgan fingerprint density at radius 3 is 2.58 bits per heavy atom. The molecule has 0 rings (SSSR count). The van der Waals surface area contributed by atoms with Crippen LogP contribution in [0.2, 0.25) is 0 Å². The molecule has 0 spiro atoms. The van der Waals surface area contributed by atoms with Crippen LogP contribution in [0.5, 0.6) is 0 Å². The highest BCUT2D eigenvalue weighted by Crippen LogP contribution is 1.96. The highest BCUT2D eigenvalue weighted by Gasteiger charge is 2.02. The van der Waals surface area contributed by atoms with E-state index >= 15 is 0 Å². The van der Waals surface area contributed by atoms with Crippen LogP contribution in [0, 0.1) is 0 Å². The smallest absolute Gasteiger partial charge is 0.317 e. The summed E-state index contributed by atoms with van der Waals surface area (Å²) in [7, 11) is 0. The Morgan fingerprint density at radius 1 is 1.58 bits per heavy atom. The van der Waals surface area contributed by atoms with Crippen molar-refractivity contribution in [3.05, 3.63) is 0 Å². The lowest BCUT2D eigenvalue weighted by Crippen LogP contribution is -2.29. The average molecular weight is 190 g/mol. The van der Waals surface area contributed by atoms with Gasteiger partial charge in [-0.15, -0.1) is 11.8 Å². The second-order valence-corrected chi connectivity index (χ2v) is 3.49. The van der Waals surface area contributed by atoms with E-state index in [0.717, 1.165) is 0 Å². The molecule has 0 atom stereocenters. The molecule has 0 heterocycles. The lowest BCUT2D eigenvalue weighted by Gasteiger charge is -2.04. The molecule has 0 fully saturated rings. The van der Waals surface area contributed by atoms with Gasteiger partial charge in [-0.3, -0.25) is 4.84 Å². The van der Waals surface area contributed by atoms with Crippen molar-refractivity contribution >= 4 is 22.9 Å². The molecule has 0 radical (unpaired) electrons. The number of carbonyl (C=O) groups excluding carboxylic acids is 1. The summed E-state index contributed by atoms with van der Waals surface area (Å²) in [6.45, 7) is 5.48. The third kappa shape index (κ3) is 6.03. The first-order valence-electron chi connectivity index (χ1n) is 3.62. The Kier molecular flexibility index (Phi) is 5.53. The largest absolute Gasteiger partial charge is 0.433 e.